The molecule has 0 bridgehead atoms. The third-order valence-corrected chi connectivity index (χ3v) is 8.13. The lowest BCUT2D eigenvalue weighted by Gasteiger charge is -2.38. The summed E-state index contributed by atoms with van der Waals surface area (Å²) in [6.45, 7) is 2.44. The minimum atomic E-state index is -0.115. The van der Waals surface area contributed by atoms with Crippen LogP contribution in [-0.4, -0.2) is 44.8 Å². The molecule has 0 spiro atoms. The van der Waals surface area contributed by atoms with E-state index in [2.05, 4.69) is 9.88 Å². The van der Waals surface area contributed by atoms with Crippen molar-refractivity contribution in [1.82, 2.24) is 19.8 Å². The molecule has 166 valence electrons. The summed E-state index contributed by atoms with van der Waals surface area (Å²) in [5.74, 6) is 0.824. The highest BCUT2D eigenvalue weighted by atomic mass is 32.1. The molecule has 1 amide bonds. The first-order chi connectivity index (χ1) is 15.2. The van der Waals surface area contributed by atoms with Gasteiger partial charge in [-0.3, -0.25) is 14.5 Å². The fraction of sp³-hybridized carbons (Fsp3) is 0.625. The smallest absolute Gasteiger partial charge is 0.255 e. The van der Waals surface area contributed by atoms with Crippen LogP contribution in [0.1, 0.15) is 79.4 Å². The van der Waals surface area contributed by atoms with Crippen LogP contribution in [0.3, 0.4) is 0 Å². The molecule has 0 aromatic carbocycles. The Morgan fingerprint density at radius 2 is 1.97 bits per heavy atom. The summed E-state index contributed by atoms with van der Waals surface area (Å²) < 4.78 is 0. The predicted octanol–water partition coefficient (Wildman–Crippen LogP) is 3.82. The molecule has 1 aliphatic carbocycles. The molecule has 1 N–H and O–H groups in total. The molecule has 2 aromatic heterocycles. The van der Waals surface area contributed by atoms with Crippen LogP contribution >= 0.6 is 11.3 Å². The summed E-state index contributed by atoms with van der Waals surface area (Å²) >= 11 is 1.62. The van der Waals surface area contributed by atoms with Crippen LogP contribution in [0.4, 0.5) is 0 Å². The molecule has 3 aliphatic rings. The van der Waals surface area contributed by atoms with Gasteiger partial charge in [-0.15, -0.1) is 11.3 Å². The minimum Gasteiger partial charge on any atom is -0.332 e. The molecule has 2 aliphatic heterocycles. The fourth-order valence-electron chi connectivity index (χ4n) is 5.56. The summed E-state index contributed by atoms with van der Waals surface area (Å²) in [6.07, 6.45) is 10.7. The molecule has 0 radical (unpaired) electrons. The normalized spacial score (nSPS) is 23.0. The number of rotatable bonds is 4. The lowest BCUT2D eigenvalue weighted by Crippen LogP contribution is -2.44. The Balaban J connectivity index is 1.35. The number of piperidine rings is 1. The molecule has 4 heterocycles. The van der Waals surface area contributed by atoms with E-state index in [1.54, 1.807) is 11.3 Å². The number of aromatic amines is 1. The summed E-state index contributed by atoms with van der Waals surface area (Å²) in [5, 5.41) is 2.01. The highest BCUT2D eigenvalue weighted by molar-refractivity contribution is 7.10. The summed E-state index contributed by atoms with van der Waals surface area (Å²) in [4.78, 5) is 39.7. The second-order valence-corrected chi connectivity index (χ2v) is 10.3. The van der Waals surface area contributed by atoms with Crippen molar-refractivity contribution in [3.8, 4) is 0 Å². The van der Waals surface area contributed by atoms with E-state index in [0.29, 0.717) is 24.8 Å². The van der Waals surface area contributed by atoms with Gasteiger partial charge >= 0.3 is 0 Å². The van der Waals surface area contributed by atoms with Gasteiger partial charge in [0.25, 0.3) is 5.56 Å². The van der Waals surface area contributed by atoms with Gasteiger partial charge in [-0.1, -0.05) is 25.3 Å². The second-order valence-electron chi connectivity index (χ2n) is 9.24. The van der Waals surface area contributed by atoms with Gasteiger partial charge in [0.2, 0.25) is 5.91 Å². The number of likely N-dealkylation sites (tertiary alicyclic amines) is 1. The molecule has 31 heavy (non-hydrogen) atoms. The first-order valence-corrected chi connectivity index (χ1v) is 12.7. The Labute approximate surface area is 187 Å². The number of nitrogens with one attached hydrogen (secondary N) is 1. The van der Waals surface area contributed by atoms with E-state index in [1.807, 2.05) is 22.4 Å². The van der Waals surface area contributed by atoms with Crippen molar-refractivity contribution in [1.29, 1.82) is 0 Å². The Bertz CT molecular complexity index is 964. The molecule has 2 fully saturated rings. The number of hydrogen-bond donors (Lipinski definition) is 1. The highest BCUT2D eigenvalue weighted by Gasteiger charge is 2.32. The lowest BCUT2D eigenvalue weighted by atomic mass is 9.92. The number of carbonyl (C=O) groups is 1. The Morgan fingerprint density at radius 3 is 2.77 bits per heavy atom. The molecular weight excluding hydrogens is 408 g/mol. The quantitative estimate of drug-likeness (QED) is 0.785. The van der Waals surface area contributed by atoms with Crippen molar-refractivity contribution in [3.63, 3.8) is 0 Å². The zero-order valence-corrected chi connectivity index (χ0v) is 19.0. The lowest BCUT2D eigenvalue weighted by molar-refractivity contribution is -0.134. The van der Waals surface area contributed by atoms with E-state index in [-0.39, 0.29) is 17.5 Å². The standard InChI is InChI=1S/C24H32N4O2S/c29-22(15-18-9-6-14-31-18)28-12-5-4-10-21(28)23-25-20-11-13-27(16-19(20)24(30)26-23)17-7-2-1-3-8-17/h6,9,14,17,21H,1-5,7-8,10-13,15-16H2,(H,25,26,30). The summed E-state index contributed by atoms with van der Waals surface area (Å²) in [6, 6.07) is 4.50. The van der Waals surface area contributed by atoms with Crippen LogP contribution in [0.2, 0.25) is 0 Å². The van der Waals surface area contributed by atoms with Crippen LogP contribution in [-0.2, 0) is 24.2 Å². The topological polar surface area (TPSA) is 69.3 Å². The number of H-pyrrole nitrogens is 1. The van der Waals surface area contributed by atoms with Gasteiger partial charge in [0.15, 0.2) is 0 Å². The number of fused-ring (bicyclic) bond motifs is 1. The van der Waals surface area contributed by atoms with Gasteiger partial charge in [-0.25, -0.2) is 4.98 Å². The maximum atomic E-state index is 13.1. The second kappa shape index (κ2) is 9.25. The maximum Gasteiger partial charge on any atom is 0.255 e. The highest BCUT2D eigenvalue weighted by Crippen LogP contribution is 2.31. The van der Waals surface area contributed by atoms with E-state index in [1.165, 1.54) is 32.1 Å². The van der Waals surface area contributed by atoms with Gasteiger partial charge in [-0.05, 0) is 43.6 Å². The van der Waals surface area contributed by atoms with Gasteiger partial charge in [-0.2, -0.15) is 0 Å². The third kappa shape index (κ3) is 4.48. The average molecular weight is 441 g/mol. The number of thiophene rings is 1. The van der Waals surface area contributed by atoms with Gasteiger partial charge in [0.1, 0.15) is 5.82 Å². The fourth-order valence-corrected chi connectivity index (χ4v) is 6.25. The van der Waals surface area contributed by atoms with Crippen molar-refractivity contribution < 1.29 is 4.79 Å². The summed E-state index contributed by atoms with van der Waals surface area (Å²) in [5.41, 5.74) is 1.78. The zero-order valence-electron chi connectivity index (χ0n) is 18.1. The van der Waals surface area contributed by atoms with Crippen molar-refractivity contribution in [3.05, 3.63) is 49.8 Å². The van der Waals surface area contributed by atoms with Gasteiger partial charge in [0, 0.05) is 37.0 Å². The van der Waals surface area contributed by atoms with E-state index < -0.39 is 0 Å². The largest absolute Gasteiger partial charge is 0.332 e. The Morgan fingerprint density at radius 1 is 1.13 bits per heavy atom. The Kier molecular flexibility index (Phi) is 6.23. The van der Waals surface area contributed by atoms with Crippen molar-refractivity contribution in [2.75, 3.05) is 13.1 Å². The summed E-state index contributed by atoms with van der Waals surface area (Å²) in [7, 11) is 0. The van der Waals surface area contributed by atoms with Crippen molar-refractivity contribution >= 4 is 17.2 Å². The minimum absolute atomic E-state index is 0.00302. The van der Waals surface area contributed by atoms with E-state index in [0.717, 1.165) is 54.9 Å². The van der Waals surface area contributed by atoms with Crippen LogP contribution in [0, 0.1) is 0 Å². The van der Waals surface area contributed by atoms with Crippen LogP contribution < -0.4 is 5.56 Å². The molecule has 1 atom stereocenters. The Hall–Kier alpha value is -1.99. The number of hydrogen-bond acceptors (Lipinski definition) is 5. The molecule has 1 saturated heterocycles. The van der Waals surface area contributed by atoms with Crippen molar-refractivity contribution in [2.45, 2.75) is 82.8 Å². The van der Waals surface area contributed by atoms with E-state index >= 15 is 0 Å². The number of amides is 1. The monoisotopic (exact) mass is 440 g/mol. The zero-order chi connectivity index (χ0) is 21.2. The maximum absolute atomic E-state index is 13.1. The predicted molar refractivity (Wildman–Crippen MR) is 122 cm³/mol. The first kappa shape index (κ1) is 20.9. The molecule has 1 saturated carbocycles. The third-order valence-electron chi connectivity index (χ3n) is 7.25. The molecule has 5 rings (SSSR count). The van der Waals surface area contributed by atoms with Crippen LogP contribution in [0.25, 0.3) is 0 Å². The molecular formula is C24H32N4O2S. The number of nitrogens with zero attached hydrogens (tertiary/aromatic N) is 3. The van der Waals surface area contributed by atoms with Crippen LogP contribution in [0.5, 0.6) is 0 Å². The number of aromatic nitrogens is 2. The molecule has 1 unspecified atom stereocenters. The molecule has 7 heteroatoms. The molecule has 2 aromatic rings. The average Bonchev–Trinajstić information content (AvgIpc) is 3.32. The molecule has 6 nitrogen and oxygen atoms in total. The van der Waals surface area contributed by atoms with Crippen molar-refractivity contribution in [2.24, 2.45) is 0 Å². The van der Waals surface area contributed by atoms with E-state index in [9.17, 15) is 9.59 Å². The van der Waals surface area contributed by atoms with Crippen LogP contribution in [0.15, 0.2) is 22.3 Å². The SMILES string of the molecule is O=C(Cc1cccs1)N1CCCCC1c1nc2c(c(=O)[nH]1)CN(C1CCCCC1)CC2. The van der Waals surface area contributed by atoms with Gasteiger partial charge in [0.05, 0.1) is 23.7 Å². The first-order valence-electron chi connectivity index (χ1n) is 11.9. The number of carbonyl (C=O) groups excluding carboxylic acids is 1. The van der Waals surface area contributed by atoms with Gasteiger partial charge < -0.3 is 9.88 Å². The van der Waals surface area contributed by atoms with E-state index in [4.69, 9.17) is 4.98 Å².